The number of nitro benzene ring substituents is 1. The fourth-order valence-electron chi connectivity index (χ4n) is 2.92. The zero-order valence-corrected chi connectivity index (χ0v) is 16.6. The number of aromatic nitrogens is 1. The van der Waals surface area contributed by atoms with E-state index in [-0.39, 0.29) is 17.0 Å². The van der Waals surface area contributed by atoms with Crippen LogP contribution in [-0.2, 0) is 0 Å². The number of nitrogens with zero attached hydrogens (tertiary/aromatic N) is 2. The van der Waals surface area contributed by atoms with Gasteiger partial charge in [0.2, 0.25) is 0 Å². The first-order valence-corrected chi connectivity index (χ1v) is 10.0. The molecule has 144 valence electrons. The SMILES string of the molecule is Cc1cc(-c2csc(NC(=O)c3cc4c(cc3[N+](=O)[O-])OCCO4)n2)c(C)s1. The quantitative estimate of drug-likeness (QED) is 0.498. The minimum absolute atomic E-state index is 0.103. The van der Waals surface area contributed by atoms with Crippen molar-refractivity contribution in [3.05, 3.63) is 49.0 Å². The molecule has 0 saturated heterocycles. The van der Waals surface area contributed by atoms with E-state index < -0.39 is 10.8 Å². The van der Waals surface area contributed by atoms with Gasteiger partial charge in [-0.15, -0.1) is 22.7 Å². The van der Waals surface area contributed by atoms with Gasteiger partial charge in [-0.3, -0.25) is 20.2 Å². The maximum Gasteiger partial charge on any atom is 0.286 e. The lowest BCUT2D eigenvalue weighted by Gasteiger charge is -2.18. The van der Waals surface area contributed by atoms with Crippen LogP contribution >= 0.6 is 22.7 Å². The predicted octanol–water partition coefficient (Wildman–Crippen LogP) is 4.42. The van der Waals surface area contributed by atoms with E-state index in [0.717, 1.165) is 16.1 Å². The summed E-state index contributed by atoms with van der Waals surface area (Å²) in [6, 6.07) is 4.60. The molecule has 10 heteroatoms. The van der Waals surface area contributed by atoms with Crippen molar-refractivity contribution >= 4 is 39.4 Å². The van der Waals surface area contributed by atoms with Gasteiger partial charge < -0.3 is 9.47 Å². The molecule has 3 aromatic rings. The van der Waals surface area contributed by atoms with E-state index in [2.05, 4.69) is 10.3 Å². The summed E-state index contributed by atoms with van der Waals surface area (Å²) in [6.45, 7) is 4.67. The van der Waals surface area contributed by atoms with Crippen molar-refractivity contribution < 1.29 is 19.2 Å². The Morgan fingerprint density at radius 1 is 1.21 bits per heavy atom. The van der Waals surface area contributed by atoms with Crippen LogP contribution < -0.4 is 14.8 Å². The molecule has 0 bridgehead atoms. The molecular weight excluding hydrogens is 402 g/mol. The monoisotopic (exact) mass is 417 g/mol. The van der Waals surface area contributed by atoms with Crippen molar-refractivity contribution in [1.29, 1.82) is 0 Å². The lowest BCUT2D eigenvalue weighted by atomic mass is 10.1. The van der Waals surface area contributed by atoms with Crippen LogP contribution in [0.25, 0.3) is 11.3 Å². The maximum absolute atomic E-state index is 12.7. The second-order valence-electron chi connectivity index (χ2n) is 6.09. The molecule has 2 aromatic heterocycles. The number of thiazole rings is 1. The van der Waals surface area contributed by atoms with Gasteiger partial charge in [-0.2, -0.15) is 0 Å². The molecule has 1 aliphatic heterocycles. The van der Waals surface area contributed by atoms with Crippen LogP contribution in [0.3, 0.4) is 0 Å². The lowest BCUT2D eigenvalue weighted by Crippen LogP contribution is -2.18. The van der Waals surface area contributed by atoms with Gasteiger partial charge in [-0.05, 0) is 19.9 Å². The summed E-state index contributed by atoms with van der Waals surface area (Å²) < 4.78 is 10.8. The highest BCUT2D eigenvalue weighted by Crippen LogP contribution is 2.37. The molecule has 3 heterocycles. The number of amides is 1. The first-order chi connectivity index (χ1) is 13.4. The van der Waals surface area contributed by atoms with Gasteiger partial charge in [0.05, 0.1) is 16.7 Å². The van der Waals surface area contributed by atoms with E-state index >= 15 is 0 Å². The van der Waals surface area contributed by atoms with Gasteiger partial charge in [-0.25, -0.2) is 4.98 Å². The number of hydrogen-bond acceptors (Lipinski definition) is 8. The van der Waals surface area contributed by atoms with Crippen LogP contribution in [0.4, 0.5) is 10.8 Å². The Bertz CT molecular complexity index is 1090. The normalized spacial score (nSPS) is 12.6. The molecule has 1 N–H and O–H groups in total. The van der Waals surface area contributed by atoms with Crippen LogP contribution in [0.1, 0.15) is 20.1 Å². The van der Waals surface area contributed by atoms with E-state index in [1.165, 1.54) is 28.3 Å². The Labute approximate surface area is 167 Å². The van der Waals surface area contributed by atoms with Crippen molar-refractivity contribution in [1.82, 2.24) is 4.98 Å². The minimum atomic E-state index is -0.622. The number of aryl methyl sites for hydroxylation is 2. The molecule has 0 fully saturated rings. The van der Waals surface area contributed by atoms with Crippen LogP contribution in [0.5, 0.6) is 11.5 Å². The zero-order chi connectivity index (χ0) is 19.8. The summed E-state index contributed by atoms with van der Waals surface area (Å²) in [4.78, 5) is 30.3. The average Bonchev–Trinajstić information content (AvgIpc) is 3.26. The summed E-state index contributed by atoms with van der Waals surface area (Å²) >= 11 is 2.94. The molecule has 0 radical (unpaired) electrons. The molecule has 0 atom stereocenters. The molecule has 0 spiro atoms. The fourth-order valence-corrected chi connectivity index (χ4v) is 4.55. The number of carbonyl (C=O) groups excluding carboxylic acids is 1. The Hall–Kier alpha value is -2.98. The third-order valence-corrected chi connectivity index (χ3v) is 5.87. The van der Waals surface area contributed by atoms with E-state index in [1.807, 2.05) is 25.3 Å². The van der Waals surface area contributed by atoms with Crippen molar-refractivity contribution in [3.8, 4) is 22.8 Å². The molecule has 1 aromatic carbocycles. The van der Waals surface area contributed by atoms with Gasteiger partial charge in [0, 0.05) is 26.8 Å². The van der Waals surface area contributed by atoms with E-state index in [0.29, 0.717) is 24.1 Å². The molecular formula is C18H15N3O5S2. The summed E-state index contributed by atoms with van der Waals surface area (Å²) in [5.74, 6) is -0.0525. The number of anilines is 1. The predicted molar refractivity (Wildman–Crippen MR) is 107 cm³/mol. The molecule has 1 aliphatic rings. The molecule has 0 unspecified atom stereocenters. The number of fused-ring (bicyclic) bond motifs is 1. The fraction of sp³-hybridized carbons (Fsp3) is 0.222. The maximum atomic E-state index is 12.7. The van der Waals surface area contributed by atoms with E-state index in [9.17, 15) is 14.9 Å². The summed E-state index contributed by atoms with van der Waals surface area (Å²) in [7, 11) is 0. The first kappa shape index (κ1) is 18.4. The highest BCUT2D eigenvalue weighted by molar-refractivity contribution is 7.14. The van der Waals surface area contributed by atoms with Crippen molar-refractivity contribution in [3.63, 3.8) is 0 Å². The minimum Gasteiger partial charge on any atom is -0.486 e. The Morgan fingerprint density at radius 2 is 1.93 bits per heavy atom. The summed E-state index contributed by atoms with van der Waals surface area (Å²) in [5.41, 5.74) is 1.33. The average molecular weight is 417 g/mol. The Morgan fingerprint density at radius 3 is 2.57 bits per heavy atom. The largest absolute Gasteiger partial charge is 0.486 e. The molecule has 0 saturated carbocycles. The van der Waals surface area contributed by atoms with Gasteiger partial charge in [0.25, 0.3) is 11.6 Å². The number of nitro groups is 1. The van der Waals surface area contributed by atoms with Crippen LogP contribution in [-0.4, -0.2) is 29.0 Å². The third kappa shape index (κ3) is 3.43. The zero-order valence-electron chi connectivity index (χ0n) is 15.0. The Kier molecular flexibility index (Phi) is 4.73. The number of ether oxygens (including phenoxy) is 2. The number of rotatable bonds is 4. The third-order valence-electron chi connectivity index (χ3n) is 4.14. The first-order valence-electron chi connectivity index (χ1n) is 8.34. The van der Waals surface area contributed by atoms with Gasteiger partial charge in [-0.1, -0.05) is 0 Å². The molecule has 8 nitrogen and oxygen atoms in total. The lowest BCUT2D eigenvalue weighted by molar-refractivity contribution is -0.385. The van der Waals surface area contributed by atoms with Crippen molar-refractivity contribution in [2.75, 3.05) is 18.5 Å². The standard InChI is InChI=1S/C18H15N3O5S2/c1-9-5-11(10(2)28-9)13-8-27-18(19-13)20-17(22)12-6-15-16(26-4-3-25-15)7-14(12)21(23)24/h5-8H,3-4H2,1-2H3,(H,19,20,22). The second-order valence-corrected chi connectivity index (χ2v) is 8.41. The van der Waals surface area contributed by atoms with Crippen LogP contribution in [0.15, 0.2) is 23.6 Å². The van der Waals surface area contributed by atoms with Crippen molar-refractivity contribution in [2.24, 2.45) is 0 Å². The van der Waals surface area contributed by atoms with Crippen molar-refractivity contribution in [2.45, 2.75) is 13.8 Å². The van der Waals surface area contributed by atoms with Crippen LogP contribution in [0, 0.1) is 24.0 Å². The van der Waals surface area contributed by atoms with Gasteiger partial charge in [0.15, 0.2) is 16.6 Å². The summed E-state index contributed by atoms with van der Waals surface area (Å²) in [6.07, 6.45) is 0. The number of hydrogen-bond donors (Lipinski definition) is 1. The second kappa shape index (κ2) is 7.21. The molecule has 0 aliphatic carbocycles. The van der Waals surface area contributed by atoms with E-state index in [1.54, 1.807) is 11.3 Å². The number of benzene rings is 1. The Balaban J connectivity index is 1.62. The summed E-state index contributed by atoms with van der Waals surface area (Å²) in [5, 5.41) is 16.3. The van der Waals surface area contributed by atoms with Crippen LogP contribution in [0.2, 0.25) is 0 Å². The van der Waals surface area contributed by atoms with E-state index in [4.69, 9.17) is 9.47 Å². The topological polar surface area (TPSA) is 104 Å². The highest BCUT2D eigenvalue weighted by atomic mass is 32.1. The number of nitrogens with one attached hydrogen (secondary N) is 1. The molecule has 1 amide bonds. The molecule has 4 rings (SSSR count). The smallest absolute Gasteiger partial charge is 0.286 e. The number of carbonyl (C=O) groups is 1. The molecule has 28 heavy (non-hydrogen) atoms. The van der Waals surface area contributed by atoms with Gasteiger partial charge in [0.1, 0.15) is 18.8 Å². The highest BCUT2D eigenvalue weighted by Gasteiger charge is 2.27. The number of thiophene rings is 1. The van der Waals surface area contributed by atoms with Gasteiger partial charge >= 0.3 is 0 Å².